The SMILES string of the molecule is CC(=O)N1CCC(Oc2cc(F)c3c(c2)CN(C2=CN=NC(=O)C2C(F)(F)F)C3)CC1. The van der Waals surface area contributed by atoms with Gasteiger partial charge in [-0.25, -0.2) is 4.39 Å². The smallest absolute Gasteiger partial charge is 0.406 e. The van der Waals surface area contributed by atoms with Crippen molar-refractivity contribution < 1.29 is 31.9 Å². The minimum Gasteiger partial charge on any atom is -0.490 e. The maximum absolute atomic E-state index is 14.7. The Morgan fingerprint density at radius 3 is 2.55 bits per heavy atom. The van der Waals surface area contributed by atoms with Crippen LogP contribution in [0.4, 0.5) is 17.6 Å². The Morgan fingerprint density at radius 2 is 1.90 bits per heavy atom. The van der Waals surface area contributed by atoms with E-state index in [1.54, 1.807) is 11.0 Å². The number of likely N-dealkylation sites (tertiary alicyclic amines) is 1. The highest BCUT2D eigenvalue weighted by atomic mass is 19.4. The Hall–Kier alpha value is -2.98. The lowest BCUT2D eigenvalue weighted by molar-refractivity contribution is -0.177. The van der Waals surface area contributed by atoms with Gasteiger partial charge in [0.05, 0.1) is 11.9 Å². The number of rotatable bonds is 3. The molecule has 0 N–H and O–H groups in total. The molecule has 1 aromatic rings. The van der Waals surface area contributed by atoms with Crippen LogP contribution in [0.25, 0.3) is 0 Å². The van der Waals surface area contributed by atoms with Gasteiger partial charge in [-0.2, -0.15) is 18.3 Å². The molecule has 1 unspecified atom stereocenters. The molecule has 0 aliphatic carbocycles. The Morgan fingerprint density at radius 1 is 1.19 bits per heavy atom. The molecule has 0 saturated carbocycles. The summed E-state index contributed by atoms with van der Waals surface area (Å²) in [5.41, 5.74) is 0.408. The summed E-state index contributed by atoms with van der Waals surface area (Å²) >= 11 is 0. The highest BCUT2D eigenvalue weighted by Gasteiger charge is 2.50. The summed E-state index contributed by atoms with van der Waals surface area (Å²) in [6, 6.07) is 2.84. The standard InChI is InChI=1S/C20H20F4N4O3/c1-11(29)27-4-2-13(3-5-27)31-14-6-12-9-28(10-15(12)16(21)7-14)17-8-25-26-19(30)18(17)20(22,23)24/h6-8,13,18H,2-5,9-10H2,1H3. The number of amides is 2. The number of carbonyl (C=O) groups excluding carboxylic acids is 2. The number of nitrogens with zero attached hydrogens (tertiary/aromatic N) is 4. The van der Waals surface area contributed by atoms with Crippen LogP contribution >= 0.6 is 0 Å². The molecule has 166 valence electrons. The van der Waals surface area contributed by atoms with Gasteiger partial charge in [-0.1, -0.05) is 0 Å². The number of ether oxygens (including phenoxy) is 1. The normalized spacial score (nSPS) is 21.9. The zero-order valence-corrected chi connectivity index (χ0v) is 16.7. The van der Waals surface area contributed by atoms with Crippen LogP contribution in [0.3, 0.4) is 0 Å². The van der Waals surface area contributed by atoms with Crippen molar-refractivity contribution in [2.75, 3.05) is 13.1 Å². The third-order valence-electron chi connectivity index (χ3n) is 5.74. The molecule has 0 aromatic heterocycles. The Kier molecular flexibility index (Phi) is 5.44. The molecule has 2 amide bonds. The first-order valence-electron chi connectivity index (χ1n) is 9.83. The fourth-order valence-electron chi connectivity index (χ4n) is 4.14. The van der Waals surface area contributed by atoms with E-state index in [0.29, 0.717) is 37.2 Å². The summed E-state index contributed by atoms with van der Waals surface area (Å²) in [5.74, 6) is -4.09. The van der Waals surface area contributed by atoms with Crippen molar-refractivity contribution in [2.24, 2.45) is 16.1 Å². The van der Waals surface area contributed by atoms with Gasteiger partial charge in [-0.15, -0.1) is 5.11 Å². The number of piperidine rings is 1. The average Bonchev–Trinajstić information content (AvgIpc) is 3.12. The van der Waals surface area contributed by atoms with Crippen molar-refractivity contribution in [2.45, 2.75) is 45.1 Å². The number of azo groups is 1. The second-order valence-corrected chi connectivity index (χ2v) is 7.80. The summed E-state index contributed by atoms with van der Waals surface area (Å²) < 4.78 is 60.8. The number of alkyl halides is 3. The Labute approximate surface area is 175 Å². The van der Waals surface area contributed by atoms with E-state index in [2.05, 4.69) is 10.2 Å². The predicted octanol–water partition coefficient (Wildman–Crippen LogP) is 3.54. The fraction of sp³-hybridized carbons (Fsp3) is 0.500. The molecule has 7 nitrogen and oxygen atoms in total. The molecule has 4 rings (SSSR count). The molecule has 1 saturated heterocycles. The van der Waals surface area contributed by atoms with Gasteiger partial charge in [0, 0.05) is 57.6 Å². The average molecular weight is 440 g/mol. The zero-order chi connectivity index (χ0) is 22.3. The lowest BCUT2D eigenvalue weighted by Crippen LogP contribution is -2.40. The quantitative estimate of drug-likeness (QED) is 0.674. The largest absolute Gasteiger partial charge is 0.490 e. The van der Waals surface area contributed by atoms with Crippen LogP contribution in [0, 0.1) is 11.7 Å². The number of hydrogen-bond acceptors (Lipinski definition) is 5. The van der Waals surface area contributed by atoms with Gasteiger partial charge in [0.2, 0.25) is 5.91 Å². The molecule has 0 spiro atoms. The molecule has 31 heavy (non-hydrogen) atoms. The van der Waals surface area contributed by atoms with Crippen LogP contribution in [0.1, 0.15) is 30.9 Å². The minimum atomic E-state index is -4.82. The van der Waals surface area contributed by atoms with E-state index < -0.39 is 23.8 Å². The first-order chi connectivity index (χ1) is 14.6. The maximum Gasteiger partial charge on any atom is 0.406 e. The molecule has 11 heteroatoms. The van der Waals surface area contributed by atoms with Crippen molar-refractivity contribution in [3.8, 4) is 5.75 Å². The number of halogens is 4. The summed E-state index contributed by atoms with van der Waals surface area (Å²) in [6.07, 6.45) is -2.88. The van der Waals surface area contributed by atoms with Crippen LogP contribution in [-0.2, 0) is 22.7 Å². The molecule has 0 radical (unpaired) electrons. The van der Waals surface area contributed by atoms with Gasteiger partial charge in [0.15, 0.2) is 5.92 Å². The number of fused-ring (bicyclic) bond motifs is 1. The van der Waals surface area contributed by atoms with Gasteiger partial charge < -0.3 is 14.5 Å². The predicted molar refractivity (Wildman–Crippen MR) is 99.0 cm³/mol. The molecular weight excluding hydrogens is 420 g/mol. The molecule has 1 fully saturated rings. The van der Waals surface area contributed by atoms with E-state index in [0.717, 1.165) is 6.20 Å². The lowest BCUT2D eigenvalue weighted by atomic mass is 10.0. The van der Waals surface area contributed by atoms with E-state index in [1.807, 2.05) is 0 Å². The number of hydrogen-bond donors (Lipinski definition) is 0. The van der Waals surface area contributed by atoms with Gasteiger partial charge in [0.25, 0.3) is 5.91 Å². The maximum atomic E-state index is 14.7. The molecule has 3 aliphatic heterocycles. The van der Waals surface area contributed by atoms with Crippen molar-refractivity contribution in [3.05, 3.63) is 41.0 Å². The highest BCUT2D eigenvalue weighted by molar-refractivity contribution is 5.83. The van der Waals surface area contributed by atoms with Crippen LogP contribution in [-0.4, -0.2) is 47.0 Å². The van der Waals surface area contributed by atoms with Crippen molar-refractivity contribution >= 4 is 11.8 Å². The van der Waals surface area contributed by atoms with Crippen molar-refractivity contribution in [1.82, 2.24) is 9.80 Å². The number of benzene rings is 1. The Bertz CT molecular complexity index is 968. The first-order valence-corrected chi connectivity index (χ1v) is 9.83. The van der Waals surface area contributed by atoms with E-state index in [9.17, 15) is 27.2 Å². The molecular formula is C20H20F4N4O3. The lowest BCUT2D eigenvalue weighted by Gasteiger charge is -2.31. The van der Waals surface area contributed by atoms with Crippen LogP contribution in [0.2, 0.25) is 0 Å². The summed E-state index contributed by atoms with van der Waals surface area (Å²) in [5, 5.41) is 6.38. The first kappa shape index (κ1) is 21.3. The number of carbonyl (C=O) groups is 2. The second-order valence-electron chi connectivity index (χ2n) is 7.80. The zero-order valence-electron chi connectivity index (χ0n) is 16.7. The van der Waals surface area contributed by atoms with E-state index in [4.69, 9.17) is 4.74 Å². The fourth-order valence-corrected chi connectivity index (χ4v) is 4.14. The monoisotopic (exact) mass is 440 g/mol. The van der Waals surface area contributed by atoms with Crippen LogP contribution < -0.4 is 4.74 Å². The summed E-state index contributed by atoms with van der Waals surface area (Å²) in [7, 11) is 0. The third kappa shape index (κ3) is 4.26. The van der Waals surface area contributed by atoms with E-state index >= 15 is 0 Å². The summed E-state index contributed by atoms with van der Waals surface area (Å²) in [6.45, 7) is 2.49. The highest BCUT2D eigenvalue weighted by Crippen LogP contribution is 2.41. The molecule has 3 aliphatic rings. The summed E-state index contributed by atoms with van der Waals surface area (Å²) in [4.78, 5) is 26.2. The van der Waals surface area contributed by atoms with Crippen LogP contribution in [0.15, 0.2) is 34.3 Å². The minimum absolute atomic E-state index is 0.00527. The molecule has 0 bridgehead atoms. The van der Waals surface area contributed by atoms with E-state index in [-0.39, 0.29) is 36.4 Å². The third-order valence-corrected chi connectivity index (χ3v) is 5.74. The van der Waals surface area contributed by atoms with Gasteiger partial charge >= 0.3 is 6.18 Å². The van der Waals surface area contributed by atoms with Gasteiger partial charge in [0.1, 0.15) is 17.7 Å². The van der Waals surface area contributed by atoms with Crippen molar-refractivity contribution in [1.29, 1.82) is 0 Å². The van der Waals surface area contributed by atoms with E-state index in [1.165, 1.54) is 17.9 Å². The molecule has 1 aromatic carbocycles. The second kappa shape index (κ2) is 7.93. The molecule has 1 atom stereocenters. The van der Waals surface area contributed by atoms with Crippen molar-refractivity contribution in [3.63, 3.8) is 0 Å². The van der Waals surface area contributed by atoms with Gasteiger partial charge in [-0.3, -0.25) is 9.59 Å². The topological polar surface area (TPSA) is 74.6 Å². The van der Waals surface area contributed by atoms with Crippen LogP contribution in [0.5, 0.6) is 5.75 Å². The molecule has 3 heterocycles. The Balaban J connectivity index is 1.49. The van der Waals surface area contributed by atoms with Gasteiger partial charge in [-0.05, 0) is 11.6 Å².